The lowest BCUT2D eigenvalue weighted by Gasteiger charge is -2.14. The summed E-state index contributed by atoms with van der Waals surface area (Å²) in [5.41, 5.74) is 8.39. The number of halogens is 1. The van der Waals surface area contributed by atoms with Crippen LogP contribution in [0.15, 0.2) is 54.7 Å². The van der Waals surface area contributed by atoms with Crippen LogP contribution in [0.5, 0.6) is 0 Å². The number of hydrogen-bond donors (Lipinski definition) is 1. The molecule has 0 fully saturated rings. The Kier molecular flexibility index (Phi) is 3.20. The minimum Gasteiger partial charge on any atom is -0.319 e. The maximum Gasteiger partial charge on any atom is 0.126 e. The van der Waals surface area contributed by atoms with Gasteiger partial charge < -0.3 is 5.73 Å². The first-order valence-electron chi connectivity index (χ1n) is 6.52. The molecular weight excluding hydrogens is 251 g/mol. The molecule has 0 aliphatic heterocycles. The summed E-state index contributed by atoms with van der Waals surface area (Å²) in [5, 5.41) is 2.09. The zero-order valence-electron chi connectivity index (χ0n) is 11.2. The number of fused-ring (bicyclic) bond motifs is 1. The van der Waals surface area contributed by atoms with Crippen molar-refractivity contribution in [1.29, 1.82) is 0 Å². The second kappa shape index (κ2) is 5.02. The Hall–Kier alpha value is -2.26. The topological polar surface area (TPSA) is 38.9 Å². The van der Waals surface area contributed by atoms with Crippen molar-refractivity contribution in [3.05, 3.63) is 77.4 Å². The van der Waals surface area contributed by atoms with Crippen LogP contribution in [0.25, 0.3) is 10.8 Å². The molecular formula is C17H15FN2. The Morgan fingerprint density at radius 2 is 1.90 bits per heavy atom. The van der Waals surface area contributed by atoms with Gasteiger partial charge in [0.2, 0.25) is 0 Å². The van der Waals surface area contributed by atoms with Crippen molar-refractivity contribution in [3.63, 3.8) is 0 Å². The Bertz CT molecular complexity index is 763. The quantitative estimate of drug-likeness (QED) is 0.767. The lowest BCUT2D eigenvalue weighted by Crippen LogP contribution is -2.14. The summed E-state index contributed by atoms with van der Waals surface area (Å²) in [7, 11) is 0. The van der Waals surface area contributed by atoms with Crippen LogP contribution < -0.4 is 5.73 Å². The first-order valence-corrected chi connectivity index (χ1v) is 6.52. The van der Waals surface area contributed by atoms with E-state index in [9.17, 15) is 4.39 Å². The molecule has 20 heavy (non-hydrogen) atoms. The molecule has 0 saturated carbocycles. The van der Waals surface area contributed by atoms with Gasteiger partial charge in [-0.25, -0.2) is 4.39 Å². The third kappa shape index (κ3) is 2.17. The van der Waals surface area contributed by atoms with Gasteiger partial charge in [-0.3, -0.25) is 4.98 Å². The molecule has 0 bridgehead atoms. The molecule has 0 aliphatic carbocycles. The molecule has 0 amide bonds. The molecule has 1 aromatic heterocycles. The van der Waals surface area contributed by atoms with Crippen LogP contribution in [0.3, 0.4) is 0 Å². The molecule has 1 unspecified atom stereocenters. The molecule has 0 radical (unpaired) electrons. The molecule has 0 aliphatic rings. The normalized spacial score (nSPS) is 12.6. The molecule has 3 aromatic rings. The van der Waals surface area contributed by atoms with Crippen LogP contribution in [-0.4, -0.2) is 4.98 Å². The van der Waals surface area contributed by atoms with Gasteiger partial charge in [0.25, 0.3) is 0 Å². The summed E-state index contributed by atoms with van der Waals surface area (Å²) in [6, 6.07) is 14.5. The fourth-order valence-corrected chi connectivity index (χ4v) is 2.35. The zero-order valence-corrected chi connectivity index (χ0v) is 11.2. The first kappa shape index (κ1) is 12.8. The van der Waals surface area contributed by atoms with E-state index in [-0.39, 0.29) is 5.82 Å². The highest BCUT2D eigenvalue weighted by Gasteiger charge is 2.14. The number of hydrogen-bond acceptors (Lipinski definition) is 2. The highest BCUT2D eigenvalue weighted by atomic mass is 19.1. The predicted molar refractivity (Wildman–Crippen MR) is 78.9 cm³/mol. The standard InChI is InChI=1S/C17H15FN2/c1-11-6-7-13(10-15(11)18)16(19)17-14-5-3-2-4-12(14)8-9-20-17/h2-10,16H,19H2,1H3. The number of pyridine rings is 1. The van der Waals surface area contributed by atoms with Crippen LogP contribution in [-0.2, 0) is 0 Å². The van der Waals surface area contributed by atoms with E-state index < -0.39 is 6.04 Å². The third-order valence-corrected chi connectivity index (χ3v) is 3.55. The first-order chi connectivity index (χ1) is 9.66. The molecule has 0 spiro atoms. The van der Waals surface area contributed by atoms with E-state index in [0.717, 1.165) is 22.0 Å². The minimum atomic E-state index is -0.434. The molecule has 2 aromatic carbocycles. The van der Waals surface area contributed by atoms with Gasteiger partial charge in [-0.2, -0.15) is 0 Å². The summed E-state index contributed by atoms with van der Waals surface area (Å²) >= 11 is 0. The number of nitrogens with zero attached hydrogens (tertiary/aromatic N) is 1. The van der Waals surface area contributed by atoms with Gasteiger partial charge in [0.1, 0.15) is 5.82 Å². The number of rotatable bonds is 2. The van der Waals surface area contributed by atoms with Crippen LogP contribution in [0, 0.1) is 12.7 Å². The second-order valence-electron chi connectivity index (χ2n) is 4.90. The van der Waals surface area contributed by atoms with Gasteiger partial charge in [-0.05, 0) is 35.6 Å². The van der Waals surface area contributed by atoms with Crippen molar-refractivity contribution in [3.8, 4) is 0 Å². The average Bonchev–Trinajstić information content (AvgIpc) is 2.49. The maximum absolute atomic E-state index is 13.7. The second-order valence-corrected chi connectivity index (χ2v) is 4.90. The highest BCUT2D eigenvalue weighted by Crippen LogP contribution is 2.26. The number of aromatic nitrogens is 1. The highest BCUT2D eigenvalue weighted by molar-refractivity contribution is 5.85. The number of nitrogens with two attached hydrogens (primary N) is 1. The SMILES string of the molecule is Cc1ccc(C(N)c2nccc3ccccc23)cc1F. The van der Waals surface area contributed by atoms with Crippen molar-refractivity contribution in [2.45, 2.75) is 13.0 Å². The minimum absolute atomic E-state index is 0.238. The molecule has 1 heterocycles. The smallest absolute Gasteiger partial charge is 0.126 e. The van der Waals surface area contributed by atoms with E-state index in [4.69, 9.17) is 5.73 Å². The Balaban J connectivity index is 2.12. The van der Waals surface area contributed by atoms with E-state index in [1.165, 1.54) is 6.07 Å². The van der Waals surface area contributed by atoms with Crippen LogP contribution in [0.4, 0.5) is 4.39 Å². The van der Waals surface area contributed by atoms with Crippen molar-refractivity contribution < 1.29 is 4.39 Å². The summed E-state index contributed by atoms with van der Waals surface area (Å²) in [6.45, 7) is 1.74. The zero-order chi connectivity index (χ0) is 14.1. The van der Waals surface area contributed by atoms with Crippen LogP contribution in [0.2, 0.25) is 0 Å². The van der Waals surface area contributed by atoms with Gasteiger partial charge in [0.15, 0.2) is 0 Å². The maximum atomic E-state index is 13.7. The molecule has 0 saturated heterocycles. The fourth-order valence-electron chi connectivity index (χ4n) is 2.35. The molecule has 100 valence electrons. The molecule has 3 rings (SSSR count). The fraction of sp³-hybridized carbons (Fsp3) is 0.118. The predicted octanol–water partition coefficient (Wildman–Crippen LogP) is 3.73. The summed E-state index contributed by atoms with van der Waals surface area (Å²) in [4.78, 5) is 4.39. The Morgan fingerprint density at radius 3 is 2.70 bits per heavy atom. The van der Waals surface area contributed by atoms with Crippen molar-refractivity contribution in [1.82, 2.24) is 4.98 Å². The average molecular weight is 266 g/mol. The van der Waals surface area contributed by atoms with Crippen molar-refractivity contribution >= 4 is 10.8 Å². The monoisotopic (exact) mass is 266 g/mol. The Morgan fingerprint density at radius 1 is 1.10 bits per heavy atom. The summed E-state index contributed by atoms with van der Waals surface area (Å²) < 4.78 is 13.7. The van der Waals surface area contributed by atoms with Crippen LogP contribution >= 0.6 is 0 Å². The number of aryl methyl sites for hydroxylation is 1. The largest absolute Gasteiger partial charge is 0.319 e. The lowest BCUT2D eigenvalue weighted by atomic mass is 9.98. The summed E-state index contributed by atoms with van der Waals surface area (Å²) in [6.07, 6.45) is 1.74. The lowest BCUT2D eigenvalue weighted by molar-refractivity contribution is 0.614. The van der Waals surface area contributed by atoms with E-state index in [2.05, 4.69) is 4.98 Å². The molecule has 2 N–H and O–H groups in total. The van der Waals surface area contributed by atoms with Gasteiger partial charge in [-0.1, -0.05) is 36.4 Å². The molecule has 2 nitrogen and oxygen atoms in total. The van der Waals surface area contributed by atoms with Crippen LogP contribution in [0.1, 0.15) is 22.9 Å². The van der Waals surface area contributed by atoms with E-state index >= 15 is 0 Å². The Labute approximate surface area is 117 Å². The molecule has 3 heteroatoms. The van der Waals surface area contributed by atoms with Gasteiger partial charge in [0, 0.05) is 11.6 Å². The van der Waals surface area contributed by atoms with E-state index in [1.54, 1.807) is 19.2 Å². The number of benzene rings is 2. The summed E-state index contributed by atoms with van der Waals surface area (Å²) in [5.74, 6) is -0.238. The van der Waals surface area contributed by atoms with Gasteiger partial charge in [-0.15, -0.1) is 0 Å². The van der Waals surface area contributed by atoms with Crippen molar-refractivity contribution in [2.75, 3.05) is 0 Å². The van der Waals surface area contributed by atoms with Crippen molar-refractivity contribution in [2.24, 2.45) is 5.73 Å². The third-order valence-electron chi connectivity index (χ3n) is 3.55. The molecule has 1 atom stereocenters. The van der Waals surface area contributed by atoms with E-state index in [1.807, 2.05) is 36.4 Å². The van der Waals surface area contributed by atoms with Gasteiger partial charge in [0.05, 0.1) is 11.7 Å². The van der Waals surface area contributed by atoms with Gasteiger partial charge >= 0.3 is 0 Å². The van der Waals surface area contributed by atoms with E-state index in [0.29, 0.717) is 5.56 Å².